The fraction of sp³-hybridized carbons (Fsp3) is 0.611. The molecule has 6 nitrogen and oxygen atoms in total. The Hall–Kier alpha value is -1.95. The van der Waals surface area contributed by atoms with Crippen LogP contribution >= 0.6 is 0 Å². The third-order valence-corrected chi connectivity index (χ3v) is 4.97. The number of benzene rings is 1. The molecule has 3 rings (SSSR count). The first-order valence-electron chi connectivity index (χ1n) is 8.41. The Balaban J connectivity index is 1.94. The Bertz CT molecular complexity index is 584. The van der Waals surface area contributed by atoms with Crippen molar-refractivity contribution < 1.29 is 23.7 Å². The molecular weight excluding hydrogens is 310 g/mol. The Morgan fingerprint density at radius 1 is 1.04 bits per heavy atom. The van der Waals surface area contributed by atoms with Crippen LogP contribution in [0.4, 0.5) is 0 Å². The monoisotopic (exact) mass is 335 g/mol. The fourth-order valence-corrected chi connectivity index (χ4v) is 3.77. The number of carbonyl (C=O) groups is 1. The van der Waals surface area contributed by atoms with Crippen LogP contribution in [0.15, 0.2) is 12.1 Å². The molecule has 0 aromatic heterocycles. The van der Waals surface area contributed by atoms with Crippen LogP contribution < -0.4 is 14.2 Å². The minimum atomic E-state index is -0.435. The second-order valence-corrected chi connectivity index (χ2v) is 6.23. The summed E-state index contributed by atoms with van der Waals surface area (Å²) < 4.78 is 22.1. The maximum atomic E-state index is 13.2. The highest BCUT2D eigenvalue weighted by molar-refractivity contribution is 5.96. The average Bonchev–Trinajstić information content (AvgIpc) is 3.02. The molecule has 0 N–H and O–H groups in total. The molecule has 0 radical (unpaired) electrons. The Labute approximate surface area is 142 Å². The van der Waals surface area contributed by atoms with E-state index < -0.39 is 5.72 Å². The predicted molar refractivity (Wildman–Crippen MR) is 88.9 cm³/mol. The molecule has 0 atom stereocenters. The van der Waals surface area contributed by atoms with Crippen molar-refractivity contribution in [3.63, 3.8) is 0 Å². The van der Waals surface area contributed by atoms with Crippen LogP contribution in [-0.2, 0) is 4.74 Å². The second kappa shape index (κ2) is 6.89. The highest BCUT2D eigenvalue weighted by Crippen LogP contribution is 2.41. The molecule has 1 amide bonds. The number of hydrogen-bond donors (Lipinski definition) is 0. The summed E-state index contributed by atoms with van der Waals surface area (Å²) in [6.45, 7) is 1.21. The zero-order chi connectivity index (χ0) is 17.2. The molecule has 24 heavy (non-hydrogen) atoms. The van der Waals surface area contributed by atoms with Crippen molar-refractivity contribution >= 4 is 5.91 Å². The van der Waals surface area contributed by atoms with E-state index in [9.17, 15) is 4.79 Å². The van der Waals surface area contributed by atoms with Crippen LogP contribution in [0.5, 0.6) is 17.2 Å². The van der Waals surface area contributed by atoms with Gasteiger partial charge in [-0.15, -0.1) is 0 Å². The molecule has 2 fully saturated rings. The summed E-state index contributed by atoms with van der Waals surface area (Å²) in [5.74, 6) is 1.41. The lowest BCUT2D eigenvalue weighted by Crippen LogP contribution is -2.49. The van der Waals surface area contributed by atoms with E-state index in [0.717, 1.165) is 25.7 Å². The Kier molecular flexibility index (Phi) is 4.85. The molecule has 1 saturated carbocycles. The van der Waals surface area contributed by atoms with Gasteiger partial charge in [-0.2, -0.15) is 0 Å². The van der Waals surface area contributed by atoms with Crippen LogP contribution in [-0.4, -0.2) is 51.0 Å². The van der Waals surface area contributed by atoms with Crippen molar-refractivity contribution in [3.8, 4) is 17.2 Å². The lowest BCUT2D eigenvalue weighted by atomic mass is 9.90. The normalized spacial score (nSPS) is 19.4. The van der Waals surface area contributed by atoms with Crippen LogP contribution in [0, 0.1) is 0 Å². The van der Waals surface area contributed by atoms with Crippen molar-refractivity contribution in [3.05, 3.63) is 17.7 Å². The molecule has 1 saturated heterocycles. The van der Waals surface area contributed by atoms with Crippen molar-refractivity contribution in [2.45, 2.75) is 37.8 Å². The van der Waals surface area contributed by atoms with Crippen molar-refractivity contribution in [2.24, 2.45) is 0 Å². The lowest BCUT2D eigenvalue weighted by molar-refractivity contribution is -0.0919. The van der Waals surface area contributed by atoms with Crippen molar-refractivity contribution in [1.82, 2.24) is 4.90 Å². The van der Waals surface area contributed by atoms with Gasteiger partial charge in [0.15, 0.2) is 11.5 Å². The van der Waals surface area contributed by atoms with Crippen LogP contribution in [0.25, 0.3) is 0 Å². The van der Waals surface area contributed by atoms with E-state index in [1.54, 1.807) is 33.5 Å². The van der Waals surface area contributed by atoms with Crippen molar-refractivity contribution in [1.29, 1.82) is 0 Å². The van der Waals surface area contributed by atoms with Crippen LogP contribution in [0.2, 0.25) is 0 Å². The molecule has 1 aliphatic carbocycles. The van der Waals surface area contributed by atoms with Gasteiger partial charge in [0.05, 0.1) is 27.9 Å². The summed E-state index contributed by atoms with van der Waals surface area (Å²) in [5.41, 5.74) is 0.0929. The number of rotatable bonds is 4. The molecule has 6 heteroatoms. The zero-order valence-corrected chi connectivity index (χ0v) is 14.6. The summed E-state index contributed by atoms with van der Waals surface area (Å²) in [6, 6.07) is 3.41. The van der Waals surface area contributed by atoms with E-state index in [2.05, 4.69) is 0 Å². The van der Waals surface area contributed by atoms with Gasteiger partial charge in [0.25, 0.3) is 5.91 Å². The van der Waals surface area contributed by atoms with Gasteiger partial charge in [0.1, 0.15) is 5.72 Å². The molecule has 132 valence electrons. The molecule has 0 bridgehead atoms. The van der Waals surface area contributed by atoms with E-state index in [-0.39, 0.29) is 5.91 Å². The van der Waals surface area contributed by atoms with E-state index in [1.165, 1.54) is 6.42 Å². The molecular formula is C18H25NO5. The number of hydrogen-bond acceptors (Lipinski definition) is 5. The topological polar surface area (TPSA) is 57.2 Å². The third-order valence-electron chi connectivity index (χ3n) is 4.97. The molecule has 2 aliphatic rings. The highest BCUT2D eigenvalue weighted by Gasteiger charge is 2.45. The molecule has 1 aromatic carbocycles. The maximum absolute atomic E-state index is 13.2. The number of carbonyl (C=O) groups excluding carboxylic acids is 1. The van der Waals surface area contributed by atoms with Gasteiger partial charge in [-0.05, 0) is 37.8 Å². The summed E-state index contributed by atoms with van der Waals surface area (Å²) in [4.78, 5) is 15.0. The quantitative estimate of drug-likeness (QED) is 0.847. The van der Waals surface area contributed by atoms with Gasteiger partial charge >= 0.3 is 0 Å². The summed E-state index contributed by atoms with van der Waals surface area (Å²) >= 11 is 0. The SMILES string of the molecule is COc1cc(C(=O)N2CCOC23CCCCC3)cc(OC)c1OC. The molecule has 1 aromatic rings. The van der Waals surface area contributed by atoms with Gasteiger partial charge in [-0.3, -0.25) is 4.79 Å². The Morgan fingerprint density at radius 3 is 2.21 bits per heavy atom. The van der Waals surface area contributed by atoms with Crippen molar-refractivity contribution in [2.75, 3.05) is 34.5 Å². The summed E-state index contributed by atoms with van der Waals surface area (Å²) in [7, 11) is 4.65. The first-order valence-corrected chi connectivity index (χ1v) is 8.41. The predicted octanol–water partition coefficient (Wildman–Crippen LogP) is 2.85. The summed E-state index contributed by atoms with van der Waals surface area (Å²) in [6.07, 6.45) is 5.21. The van der Waals surface area contributed by atoms with Gasteiger partial charge in [-0.25, -0.2) is 0 Å². The van der Waals surface area contributed by atoms with Gasteiger partial charge in [0, 0.05) is 12.1 Å². The van der Waals surface area contributed by atoms with Gasteiger partial charge in [0.2, 0.25) is 5.75 Å². The largest absolute Gasteiger partial charge is 0.493 e. The molecule has 1 heterocycles. The third kappa shape index (κ3) is 2.79. The highest BCUT2D eigenvalue weighted by atomic mass is 16.5. The zero-order valence-electron chi connectivity index (χ0n) is 14.6. The number of methoxy groups -OCH3 is 3. The van der Waals surface area contributed by atoms with Gasteiger partial charge < -0.3 is 23.8 Å². The molecule has 1 aliphatic heterocycles. The standard InChI is InChI=1S/C18H25NO5/c1-21-14-11-13(12-15(22-2)16(14)23-3)17(20)19-9-10-24-18(19)7-5-4-6-8-18/h11-12H,4-10H2,1-3H3. The van der Waals surface area contributed by atoms with E-state index >= 15 is 0 Å². The van der Waals surface area contributed by atoms with Crippen LogP contribution in [0.3, 0.4) is 0 Å². The van der Waals surface area contributed by atoms with E-state index in [1.807, 2.05) is 4.90 Å². The lowest BCUT2D eigenvalue weighted by Gasteiger charge is -2.40. The van der Waals surface area contributed by atoms with E-state index in [0.29, 0.717) is 36.0 Å². The Morgan fingerprint density at radius 2 is 1.67 bits per heavy atom. The molecule has 0 unspecified atom stereocenters. The minimum absolute atomic E-state index is 0.0475. The first-order chi connectivity index (χ1) is 11.6. The number of nitrogens with zero attached hydrogens (tertiary/aromatic N) is 1. The molecule has 1 spiro atoms. The van der Waals surface area contributed by atoms with E-state index in [4.69, 9.17) is 18.9 Å². The average molecular weight is 335 g/mol. The first kappa shape index (κ1) is 16.9. The number of amides is 1. The number of ether oxygens (including phenoxy) is 4. The smallest absolute Gasteiger partial charge is 0.256 e. The van der Waals surface area contributed by atoms with Crippen LogP contribution in [0.1, 0.15) is 42.5 Å². The fourth-order valence-electron chi connectivity index (χ4n) is 3.77. The second-order valence-electron chi connectivity index (χ2n) is 6.23. The van der Waals surface area contributed by atoms with Gasteiger partial charge in [-0.1, -0.05) is 6.42 Å². The maximum Gasteiger partial charge on any atom is 0.256 e. The minimum Gasteiger partial charge on any atom is -0.493 e. The summed E-state index contributed by atoms with van der Waals surface area (Å²) in [5, 5.41) is 0.